The van der Waals surface area contributed by atoms with Gasteiger partial charge in [-0.25, -0.2) is 4.98 Å². The molecule has 7 heteroatoms. The molecule has 2 amide bonds. The molecule has 0 aliphatic heterocycles. The third-order valence-corrected chi connectivity index (χ3v) is 5.24. The Balaban J connectivity index is 1.94. The first-order valence-electron chi connectivity index (χ1n) is 6.44. The molecule has 1 aliphatic carbocycles. The van der Waals surface area contributed by atoms with E-state index < -0.39 is 5.91 Å². The van der Waals surface area contributed by atoms with Gasteiger partial charge in [0, 0.05) is 11.1 Å². The van der Waals surface area contributed by atoms with Crippen molar-refractivity contribution in [2.75, 3.05) is 5.32 Å². The minimum atomic E-state index is -0.491. The van der Waals surface area contributed by atoms with E-state index in [1.54, 1.807) is 18.3 Å². The molecule has 2 aromatic rings. The summed E-state index contributed by atoms with van der Waals surface area (Å²) in [6.07, 6.45) is 4.41. The van der Waals surface area contributed by atoms with E-state index in [1.165, 1.54) is 11.3 Å². The van der Waals surface area contributed by atoms with Crippen LogP contribution in [0.1, 0.15) is 37.6 Å². The fraction of sp³-hybridized carbons (Fsp3) is 0.214. The molecule has 0 unspecified atom stereocenters. The van der Waals surface area contributed by atoms with Crippen molar-refractivity contribution in [1.29, 1.82) is 0 Å². The van der Waals surface area contributed by atoms with Crippen molar-refractivity contribution in [3.63, 3.8) is 0 Å². The third kappa shape index (κ3) is 2.58. The number of aromatic nitrogens is 1. The van der Waals surface area contributed by atoms with Crippen molar-refractivity contribution in [2.24, 2.45) is 5.73 Å². The molecule has 0 bridgehead atoms. The number of nitrogens with one attached hydrogen (secondary N) is 1. The van der Waals surface area contributed by atoms with Gasteiger partial charge >= 0.3 is 0 Å². The van der Waals surface area contributed by atoms with E-state index in [0.29, 0.717) is 20.7 Å². The van der Waals surface area contributed by atoms with Crippen molar-refractivity contribution in [3.8, 4) is 0 Å². The molecular formula is C14H12BrN3O2S. The first-order valence-corrected chi connectivity index (χ1v) is 8.05. The average molecular weight is 366 g/mol. The number of fused-ring (bicyclic) bond motifs is 1. The molecule has 0 saturated carbocycles. The molecule has 0 fully saturated rings. The Hall–Kier alpha value is -1.73. The molecule has 0 atom stereocenters. The molecule has 2 aromatic heterocycles. The summed E-state index contributed by atoms with van der Waals surface area (Å²) in [5.74, 6) is -0.799. The summed E-state index contributed by atoms with van der Waals surface area (Å²) in [4.78, 5) is 29.2. The molecule has 1 aliphatic rings. The van der Waals surface area contributed by atoms with Gasteiger partial charge in [0.15, 0.2) is 0 Å². The van der Waals surface area contributed by atoms with E-state index in [2.05, 4.69) is 26.2 Å². The number of thiophene rings is 1. The number of carbonyl (C=O) groups is 2. The Morgan fingerprint density at radius 2 is 2.19 bits per heavy atom. The molecule has 0 radical (unpaired) electrons. The molecular weight excluding hydrogens is 354 g/mol. The highest BCUT2D eigenvalue weighted by Crippen LogP contribution is 2.39. The highest BCUT2D eigenvalue weighted by atomic mass is 79.9. The predicted molar refractivity (Wildman–Crippen MR) is 84.8 cm³/mol. The summed E-state index contributed by atoms with van der Waals surface area (Å²) in [6.45, 7) is 0. The van der Waals surface area contributed by atoms with Gasteiger partial charge in [0.2, 0.25) is 0 Å². The second-order valence-corrected chi connectivity index (χ2v) is 6.58. The molecule has 3 N–H and O–H groups in total. The molecule has 0 saturated heterocycles. The lowest BCUT2D eigenvalue weighted by atomic mass is 10.1. The van der Waals surface area contributed by atoms with Gasteiger partial charge in [-0.1, -0.05) is 0 Å². The molecule has 0 spiro atoms. The minimum Gasteiger partial charge on any atom is -0.365 e. The van der Waals surface area contributed by atoms with E-state index in [9.17, 15) is 9.59 Å². The Morgan fingerprint density at radius 3 is 2.90 bits per heavy atom. The second kappa shape index (κ2) is 5.57. The van der Waals surface area contributed by atoms with Crippen LogP contribution in [-0.2, 0) is 12.8 Å². The molecule has 2 heterocycles. The number of primary amides is 1. The summed E-state index contributed by atoms with van der Waals surface area (Å²) in [7, 11) is 0. The van der Waals surface area contributed by atoms with Crippen molar-refractivity contribution in [3.05, 3.63) is 44.5 Å². The number of hydrogen-bond donors (Lipinski definition) is 2. The standard InChI is InChI=1S/C14H12BrN3O2S/c15-11-8(4-2-6-17-11)13(20)18-14-10(12(16)19)7-3-1-5-9(7)21-14/h2,4,6H,1,3,5H2,(H2,16,19)(H,18,20). The van der Waals surface area contributed by atoms with Gasteiger partial charge in [0.25, 0.3) is 11.8 Å². The molecule has 21 heavy (non-hydrogen) atoms. The summed E-state index contributed by atoms with van der Waals surface area (Å²) in [6, 6.07) is 3.35. The van der Waals surface area contributed by atoms with Crippen LogP contribution in [0.15, 0.2) is 22.9 Å². The number of hydrogen-bond acceptors (Lipinski definition) is 4. The molecule has 5 nitrogen and oxygen atoms in total. The van der Waals surface area contributed by atoms with Crippen LogP contribution in [0.25, 0.3) is 0 Å². The fourth-order valence-electron chi connectivity index (χ4n) is 2.48. The number of amides is 2. The number of nitrogens with zero attached hydrogens (tertiary/aromatic N) is 1. The first-order chi connectivity index (χ1) is 10.1. The smallest absolute Gasteiger partial charge is 0.259 e. The Morgan fingerprint density at radius 1 is 1.38 bits per heavy atom. The van der Waals surface area contributed by atoms with Gasteiger partial charge in [-0.15, -0.1) is 11.3 Å². The molecule has 0 aromatic carbocycles. The minimum absolute atomic E-state index is 0.308. The number of rotatable bonds is 3. The Bertz CT molecular complexity index is 742. The normalized spacial score (nSPS) is 13.0. The largest absolute Gasteiger partial charge is 0.365 e. The predicted octanol–water partition coefficient (Wildman–Crippen LogP) is 2.75. The second-order valence-electron chi connectivity index (χ2n) is 4.72. The maximum absolute atomic E-state index is 12.3. The van der Waals surface area contributed by atoms with Crippen LogP contribution in [0.2, 0.25) is 0 Å². The van der Waals surface area contributed by atoms with Crippen LogP contribution in [0.3, 0.4) is 0 Å². The van der Waals surface area contributed by atoms with E-state index in [0.717, 1.165) is 29.7 Å². The van der Waals surface area contributed by atoms with Crippen LogP contribution in [-0.4, -0.2) is 16.8 Å². The molecule has 3 rings (SSSR count). The van der Waals surface area contributed by atoms with Crippen LogP contribution >= 0.6 is 27.3 Å². The van der Waals surface area contributed by atoms with Gasteiger partial charge in [-0.2, -0.15) is 0 Å². The fourth-order valence-corrected chi connectivity index (χ4v) is 4.20. The number of pyridine rings is 1. The summed E-state index contributed by atoms with van der Waals surface area (Å²) >= 11 is 4.68. The monoisotopic (exact) mass is 365 g/mol. The Kier molecular flexibility index (Phi) is 3.77. The van der Waals surface area contributed by atoms with Crippen molar-refractivity contribution < 1.29 is 9.59 Å². The maximum Gasteiger partial charge on any atom is 0.259 e. The molecule has 108 valence electrons. The van der Waals surface area contributed by atoms with Crippen molar-refractivity contribution in [1.82, 2.24) is 4.98 Å². The zero-order valence-electron chi connectivity index (χ0n) is 11.0. The van der Waals surface area contributed by atoms with Gasteiger partial charge in [-0.05, 0) is 52.9 Å². The van der Waals surface area contributed by atoms with Crippen LogP contribution < -0.4 is 11.1 Å². The number of nitrogens with two attached hydrogens (primary N) is 1. The lowest BCUT2D eigenvalue weighted by Crippen LogP contribution is -2.18. The van der Waals surface area contributed by atoms with Crippen LogP contribution in [0, 0.1) is 0 Å². The topological polar surface area (TPSA) is 85.1 Å². The highest BCUT2D eigenvalue weighted by molar-refractivity contribution is 9.10. The number of halogens is 1. The van der Waals surface area contributed by atoms with E-state index in [1.807, 2.05) is 0 Å². The van der Waals surface area contributed by atoms with Crippen molar-refractivity contribution >= 4 is 44.1 Å². The average Bonchev–Trinajstić information content (AvgIpc) is 2.98. The number of aryl methyl sites for hydroxylation is 1. The van der Waals surface area contributed by atoms with Crippen LogP contribution in [0.5, 0.6) is 0 Å². The maximum atomic E-state index is 12.3. The third-order valence-electron chi connectivity index (χ3n) is 3.40. The summed E-state index contributed by atoms with van der Waals surface area (Å²) in [5.41, 5.74) is 7.34. The lowest BCUT2D eigenvalue weighted by Gasteiger charge is -2.06. The van der Waals surface area contributed by atoms with Gasteiger partial charge < -0.3 is 11.1 Å². The SMILES string of the molecule is NC(=O)c1c(NC(=O)c2cccnc2Br)sc2c1CCC2. The number of carbonyl (C=O) groups excluding carboxylic acids is 2. The zero-order valence-corrected chi connectivity index (χ0v) is 13.4. The summed E-state index contributed by atoms with van der Waals surface area (Å²) < 4.78 is 0.465. The number of anilines is 1. The quantitative estimate of drug-likeness (QED) is 0.820. The first kappa shape index (κ1) is 14.2. The van der Waals surface area contributed by atoms with Gasteiger partial charge in [0.05, 0.1) is 11.1 Å². The van der Waals surface area contributed by atoms with Gasteiger partial charge in [0.1, 0.15) is 9.60 Å². The van der Waals surface area contributed by atoms with E-state index in [4.69, 9.17) is 5.73 Å². The lowest BCUT2D eigenvalue weighted by molar-refractivity contribution is 0.100. The van der Waals surface area contributed by atoms with E-state index >= 15 is 0 Å². The van der Waals surface area contributed by atoms with Crippen LogP contribution in [0.4, 0.5) is 5.00 Å². The van der Waals surface area contributed by atoms with E-state index in [-0.39, 0.29) is 5.91 Å². The zero-order chi connectivity index (χ0) is 15.0. The van der Waals surface area contributed by atoms with Gasteiger partial charge in [-0.3, -0.25) is 9.59 Å². The summed E-state index contributed by atoms with van der Waals surface area (Å²) in [5, 5.41) is 3.32. The highest BCUT2D eigenvalue weighted by Gasteiger charge is 2.26. The Labute approximate surface area is 133 Å². The van der Waals surface area contributed by atoms with Crippen molar-refractivity contribution in [2.45, 2.75) is 19.3 Å².